The molecule has 0 unspecified atom stereocenters. The molecule has 0 spiro atoms. The lowest BCUT2D eigenvalue weighted by Gasteiger charge is -2.26. The lowest BCUT2D eigenvalue weighted by atomic mass is 9.97. The van der Waals surface area contributed by atoms with E-state index in [4.69, 9.17) is 0 Å². The smallest absolute Gasteiger partial charge is 0.376 e. The third-order valence-corrected chi connectivity index (χ3v) is 3.91. The van der Waals surface area contributed by atoms with Crippen molar-refractivity contribution in [1.82, 2.24) is 14.8 Å². The number of halogens is 4. The first-order chi connectivity index (χ1) is 11.1. The van der Waals surface area contributed by atoms with Gasteiger partial charge in [-0.3, -0.25) is 4.98 Å². The number of fused-ring (bicyclic) bond motifs is 1. The van der Waals surface area contributed by atoms with Gasteiger partial charge >= 0.3 is 6.18 Å². The molecule has 126 valence electrons. The maximum atomic E-state index is 13.9. The summed E-state index contributed by atoms with van der Waals surface area (Å²) in [5.41, 5.74) is -2.49. The molecule has 24 heavy (non-hydrogen) atoms. The van der Waals surface area contributed by atoms with Crippen LogP contribution in [-0.2, 0) is 5.60 Å². The van der Waals surface area contributed by atoms with E-state index in [1.54, 1.807) is 13.0 Å². The van der Waals surface area contributed by atoms with Crippen molar-refractivity contribution in [1.29, 1.82) is 0 Å². The van der Waals surface area contributed by atoms with Gasteiger partial charge in [-0.15, -0.1) is 0 Å². The number of aryl methyl sites for hydroxylation is 1. The van der Waals surface area contributed by atoms with E-state index < -0.39 is 23.2 Å². The van der Waals surface area contributed by atoms with Crippen LogP contribution in [-0.4, -0.2) is 26.0 Å². The Morgan fingerprint density at radius 1 is 1.17 bits per heavy atom. The molecule has 2 aromatic heterocycles. The predicted octanol–water partition coefficient (Wildman–Crippen LogP) is 3.64. The molecule has 0 amide bonds. The van der Waals surface area contributed by atoms with Crippen LogP contribution in [0.4, 0.5) is 17.6 Å². The van der Waals surface area contributed by atoms with E-state index in [1.165, 1.54) is 23.0 Å². The Kier molecular flexibility index (Phi) is 3.60. The summed E-state index contributed by atoms with van der Waals surface area (Å²) in [6, 6.07) is 5.51. The number of benzene rings is 1. The zero-order chi connectivity index (χ0) is 17.7. The van der Waals surface area contributed by atoms with Gasteiger partial charge in [0.2, 0.25) is 0 Å². The van der Waals surface area contributed by atoms with Gasteiger partial charge in [-0.1, -0.05) is 6.07 Å². The second-order valence-electron chi connectivity index (χ2n) is 5.63. The fraction of sp³-hybridized carbons (Fsp3) is 0.250. The molecule has 0 bridgehead atoms. The van der Waals surface area contributed by atoms with Crippen LogP contribution in [0.3, 0.4) is 0 Å². The van der Waals surface area contributed by atoms with Gasteiger partial charge in [-0.25, -0.2) is 9.07 Å². The number of pyridine rings is 1. The van der Waals surface area contributed by atoms with E-state index >= 15 is 0 Å². The quantitative estimate of drug-likeness (QED) is 0.725. The van der Waals surface area contributed by atoms with Gasteiger partial charge in [0.1, 0.15) is 5.82 Å². The Labute approximate surface area is 134 Å². The van der Waals surface area contributed by atoms with Crippen molar-refractivity contribution in [3.8, 4) is 5.69 Å². The Hall–Kier alpha value is -2.48. The van der Waals surface area contributed by atoms with Gasteiger partial charge in [0, 0.05) is 11.8 Å². The second-order valence-corrected chi connectivity index (χ2v) is 5.63. The summed E-state index contributed by atoms with van der Waals surface area (Å²) in [5.74, 6) is -0.470. The topological polar surface area (TPSA) is 50.9 Å². The first-order valence-electron chi connectivity index (χ1n) is 7.02. The van der Waals surface area contributed by atoms with E-state index in [2.05, 4.69) is 10.1 Å². The van der Waals surface area contributed by atoms with Crippen molar-refractivity contribution in [2.45, 2.75) is 25.6 Å². The van der Waals surface area contributed by atoms with Crippen LogP contribution in [0.15, 0.2) is 36.7 Å². The van der Waals surface area contributed by atoms with E-state index in [0.717, 1.165) is 12.3 Å². The minimum atomic E-state index is -4.86. The van der Waals surface area contributed by atoms with Crippen molar-refractivity contribution >= 4 is 10.9 Å². The van der Waals surface area contributed by atoms with Crippen LogP contribution in [0, 0.1) is 12.7 Å². The van der Waals surface area contributed by atoms with Gasteiger partial charge < -0.3 is 5.11 Å². The molecule has 0 radical (unpaired) electrons. The highest BCUT2D eigenvalue weighted by atomic mass is 19.4. The molecule has 0 saturated heterocycles. The number of hydrogen-bond donors (Lipinski definition) is 1. The third-order valence-electron chi connectivity index (χ3n) is 3.91. The Balaban J connectivity index is 2.20. The van der Waals surface area contributed by atoms with Gasteiger partial charge in [-0.05, 0) is 32.0 Å². The van der Waals surface area contributed by atoms with Crippen molar-refractivity contribution in [2.75, 3.05) is 0 Å². The van der Waals surface area contributed by atoms with Crippen molar-refractivity contribution in [3.05, 3.63) is 53.7 Å². The van der Waals surface area contributed by atoms with E-state index in [-0.39, 0.29) is 11.1 Å². The van der Waals surface area contributed by atoms with Crippen LogP contribution in [0.25, 0.3) is 16.6 Å². The lowest BCUT2D eigenvalue weighted by molar-refractivity contribution is -0.259. The van der Waals surface area contributed by atoms with Gasteiger partial charge in [0.25, 0.3) is 0 Å². The number of nitrogens with zero attached hydrogens (tertiary/aromatic N) is 3. The number of aliphatic hydroxyl groups is 1. The molecular formula is C16H13F4N3O. The zero-order valence-electron chi connectivity index (χ0n) is 12.8. The molecule has 3 aromatic rings. The summed E-state index contributed by atoms with van der Waals surface area (Å²) in [5, 5.41) is 14.3. The van der Waals surface area contributed by atoms with Crippen LogP contribution >= 0.6 is 0 Å². The Morgan fingerprint density at radius 2 is 1.88 bits per heavy atom. The summed E-state index contributed by atoms with van der Waals surface area (Å²) in [7, 11) is 0. The Bertz CT molecular complexity index is 915. The summed E-state index contributed by atoms with van der Waals surface area (Å²) < 4.78 is 54.3. The summed E-state index contributed by atoms with van der Waals surface area (Å²) in [6.07, 6.45) is -2.62. The average molecular weight is 339 g/mol. The molecule has 0 saturated carbocycles. The summed E-state index contributed by atoms with van der Waals surface area (Å²) >= 11 is 0. The monoisotopic (exact) mass is 339 g/mol. The molecule has 3 rings (SSSR count). The number of aromatic nitrogens is 3. The van der Waals surface area contributed by atoms with Crippen LogP contribution in [0.2, 0.25) is 0 Å². The fourth-order valence-corrected chi connectivity index (χ4v) is 2.47. The first kappa shape index (κ1) is 16.4. The molecule has 2 heterocycles. The third kappa shape index (κ3) is 2.43. The molecule has 1 N–H and O–H groups in total. The van der Waals surface area contributed by atoms with E-state index in [9.17, 15) is 22.7 Å². The fourth-order valence-electron chi connectivity index (χ4n) is 2.47. The maximum Gasteiger partial charge on any atom is 0.421 e. The molecule has 0 aliphatic rings. The average Bonchev–Trinajstić information content (AvgIpc) is 2.85. The van der Waals surface area contributed by atoms with Crippen molar-refractivity contribution in [3.63, 3.8) is 0 Å². The minimum absolute atomic E-state index is 0.195. The normalized spacial score (nSPS) is 14.8. The number of alkyl halides is 3. The lowest BCUT2D eigenvalue weighted by Crippen LogP contribution is -2.39. The standard InChI is InChI=1S/C16H13F4N3O/c1-9-14-12(17)4-3-5-13(14)23(22-9)11-6-10(7-21-8-11)15(2,24)16(18,19)20/h3-8,24H,1-2H3/t15-/m0/s1. The Morgan fingerprint density at radius 3 is 2.54 bits per heavy atom. The molecule has 4 nitrogen and oxygen atoms in total. The van der Waals surface area contributed by atoms with Crippen LogP contribution < -0.4 is 0 Å². The maximum absolute atomic E-state index is 13.9. The van der Waals surface area contributed by atoms with Gasteiger partial charge in [-0.2, -0.15) is 18.3 Å². The van der Waals surface area contributed by atoms with Crippen LogP contribution in [0.5, 0.6) is 0 Å². The van der Waals surface area contributed by atoms with E-state index in [0.29, 0.717) is 18.1 Å². The minimum Gasteiger partial charge on any atom is -0.376 e. The highest BCUT2D eigenvalue weighted by Crippen LogP contribution is 2.38. The highest BCUT2D eigenvalue weighted by Gasteiger charge is 2.51. The van der Waals surface area contributed by atoms with Crippen molar-refractivity contribution < 1.29 is 22.7 Å². The highest BCUT2D eigenvalue weighted by molar-refractivity contribution is 5.83. The van der Waals surface area contributed by atoms with Crippen LogP contribution in [0.1, 0.15) is 18.2 Å². The number of hydrogen-bond acceptors (Lipinski definition) is 3. The first-order valence-corrected chi connectivity index (χ1v) is 7.02. The largest absolute Gasteiger partial charge is 0.421 e. The molecule has 1 aromatic carbocycles. The summed E-state index contributed by atoms with van der Waals surface area (Å²) in [4.78, 5) is 3.76. The molecule has 0 fully saturated rings. The van der Waals surface area contributed by atoms with Gasteiger partial charge in [0.15, 0.2) is 5.60 Å². The molecule has 1 atom stereocenters. The SMILES string of the molecule is Cc1nn(-c2cncc([C@](C)(O)C(F)(F)F)c2)c2cccc(F)c12. The predicted molar refractivity (Wildman–Crippen MR) is 79.2 cm³/mol. The molecular weight excluding hydrogens is 326 g/mol. The second kappa shape index (κ2) is 5.27. The van der Waals surface area contributed by atoms with Gasteiger partial charge in [0.05, 0.1) is 28.5 Å². The molecule has 0 aliphatic heterocycles. The van der Waals surface area contributed by atoms with Crippen molar-refractivity contribution in [2.24, 2.45) is 0 Å². The zero-order valence-corrected chi connectivity index (χ0v) is 12.8. The number of rotatable bonds is 2. The molecule has 0 aliphatic carbocycles. The summed E-state index contributed by atoms with van der Waals surface area (Å²) in [6.45, 7) is 2.25. The van der Waals surface area contributed by atoms with E-state index in [1.807, 2.05) is 0 Å². The molecule has 8 heteroatoms.